The third-order valence-corrected chi connectivity index (χ3v) is 7.26. The van der Waals surface area contributed by atoms with Gasteiger partial charge in [-0.05, 0) is 53.6 Å². The normalized spacial score (nSPS) is 16.4. The van der Waals surface area contributed by atoms with Crippen LogP contribution >= 0.6 is 7.82 Å². The van der Waals surface area contributed by atoms with Gasteiger partial charge in [-0.25, -0.2) is 4.57 Å². The number of carbonyl (C=O) groups is 3. The van der Waals surface area contributed by atoms with Gasteiger partial charge < -0.3 is 20.1 Å². The molecular weight excluding hydrogens is 545 g/mol. The van der Waals surface area contributed by atoms with Gasteiger partial charge in [-0.3, -0.25) is 24.2 Å². The first-order chi connectivity index (χ1) is 19.6. The van der Waals surface area contributed by atoms with Crippen molar-refractivity contribution in [3.63, 3.8) is 0 Å². The maximum absolute atomic E-state index is 13.5. The maximum Gasteiger partial charge on any atom is 0.524 e. The molecule has 1 heterocycles. The number of phosphoric ester groups is 1. The van der Waals surface area contributed by atoms with Crippen LogP contribution in [0.25, 0.3) is 11.1 Å². The Hall–Kier alpha value is -3.98. The molecule has 41 heavy (non-hydrogen) atoms. The maximum atomic E-state index is 13.5. The van der Waals surface area contributed by atoms with Gasteiger partial charge in [-0.15, -0.1) is 0 Å². The van der Waals surface area contributed by atoms with Gasteiger partial charge >= 0.3 is 7.82 Å². The Morgan fingerprint density at radius 1 is 0.951 bits per heavy atom. The van der Waals surface area contributed by atoms with Crippen LogP contribution in [0.3, 0.4) is 0 Å². The number of carbonyl (C=O) groups excluding carboxylic acids is 3. The molecule has 0 bridgehead atoms. The minimum absolute atomic E-state index is 0.0264. The predicted octanol–water partition coefficient (Wildman–Crippen LogP) is 3.57. The molecule has 0 saturated carbocycles. The Bertz CT molecular complexity index is 1390. The van der Waals surface area contributed by atoms with Crippen molar-refractivity contribution in [1.29, 1.82) is 0 Å². The van der Waals surface area contributed by atoms with E-state index in [2.05, 4.69) is 15.2 Å². The second kappa shape index (κ2) is 13.6. The molecule has 0 unspecified atom stereocenters. The Labute approximate surface area is 239 Å². The van der Waals surface area contributed by atoms with Crippen molar-refractivity contribution in [2.45, 2.75) is 51.2 Å². The Morgan fingerprint density at radius 3 is 2.22 bits per heavy atom. The molecule has 1 aliphatic rings. The second-order valence-corrected chi connectivity index (χ2v) is 11.2. The molecule has 3 aromatic carbocycles. The number of hydrogen-bond acceptors (Lipinski definition) is 5. The summed E-state index contributed by atoms with van der Waals surface area (Å²) < 4.78 is 15.6. The van der Waals surface area contributed by atoms with Crippen molar-refractivity contribution >= 4 is 25.5 Å². The van der Waals surface area contributed by atoms with Crippen molar-refractivity contribution in [2.24, 2.45) is 0 Å². The van der Waals surface area contributed by atoms with Gasteiger partial charge in [0.2, 0.25) is 17.7 Å². The zero-order chi connectivity index (χ0) is 29.4. The van der Waals surface area contributed by atoms with Crippen molar-refractivity contribution in [3.05, 3.63) is 90.0 Å². The average Bonchev–Trinajstić information content (AvgIpc) is 3.10. The Balaban J connectivity index is 1.41. The van der Waals surface area contributed by atoms with Gasteiger partial charge in [0.05, 0.1) is 0 Å². The van der Waals surface area contributed by atoms with E-state index >= 15 is 0 Å². The van der Waals surface area contributed by atoms with E-state index in [0.29, 0.717) is 25.1 Å². The van der Waals surface area contributed by atoms with Crippen LogP contribution in [0.2, 0.25) is 0 Å². The lowest BCUT2D eigenvalue weighted by Gasteiger charge is -2.27. The van der Waals surface area contributed by atoms with Gasteiger partial charge in [-0.1, -0.05) is 66.7 Å². The highest BCUT2D eigenvalue weighted by Crippen LogP contribution is 2.37. The minimum atomic E-state index is -4.69. The smallest absolute Gasteiger partial charge is 0.404 e. The highest BCUT2D eigenvalue weighted by Gasteiger charge is 2.31. The molecule has 11 heteroatoms. The van der Waals surface area contributed by atoms with E-state index in [1.807, 2.05) is 54.6 Å². The fourth-order valence-corrected chi connectivity index (χ4v) is 5.23. The lowest BCUT2D eigenvalue weighted by Crippen LogP contribution is -2.54. The monoisotopic (exact) mass is 579 g/mol. The highest BCUT2D eigenvalue weighted by molar-refractivity contribution is 7.46. The van der Waals surface area contributed by atoms with Gasteiger partial charge in [0.25, 0.3) is 0 Å². The van der Waals surface area contributed by atoms with Crippen molar-refractivity contribution < 1.29 is 33.3 Å². The van der Waals surface area contributed by atoms with E-state index in [1.165, 1.54) is 19.1 Å². The third-order valence-electron chi connectivity index (χ3n) is 6.81. The first kappa shape index (κ1) is 30.0. The molecule has 2 atom stereocenters. The van der Waals surface area contributed by atoms with E-state index in [-0.39, 0.29) is 18.1 Å². The molecule has 3 amide bonds. The van der Waals surface area contributed by atoms with Crippen LogP contribution in [0.4, 0.5) is 0 Å². The van der Waals surface area contributed by atoms with Crippen molar-refractivity contribution in [1.82, 2.24) is 15.5 Å². The standard InChI is InChI=1S/C30H34N3O7P/c1-21(34)31-28(19-22-12-16-26(17-13-22)40-41(37,38)39)29(35)32-27-9-5-6-18-33(30(27)36)20-23-10-14-25(15-11-23)24-7-3-2-4-8-24/h2-4,7-8,10-17,27-28H,5-6,9,18-20H2,1H3,(H,31,34)(H,32,35)(H2,37,38,39)/t27-,28+/m0/s1. The molecule has 4 N–H and O–H groups in total. The van der Waals surface area contributed by atoms with E-state index in [9.17, 15) is 18.9 Å². The van der Waals surface area contributed by atoms with Crippen LogP contribution in [0.5, 0.6) is 5.75 Å². The topological polar surface area (TPSA) is 145 Å². The number of nitrogens with zero attached hydrogens (tertiary/aromatic N) is 1. The number of amides is 3. The highest BCUT2D eigenvalue weighted by atomic mass is 31.2. The Morgan fingerprint density at radius 2 is 1.59 bits per heavy atom. The number of benzene rings is 3. The number of nitrogens with one attached hydrogen (secondary N) is 2. The van der Waals surface area contributed by atoms with E-state index in [1.54, 1.807) is 17.0 Å². The first-order valence-corrected chi connectivity index (χ1v) is 14.9. The lowest BCUT2D eigenvalue weighted by atomic mass is 10.0. The fourth-order valence-electron chi connectivity index (χ4n) is 4.84. The summed E-state index contributed by atoms with van der Waals surface area (Å²) in [7, 11) is -4.69. The third kappa shape index (κ3) is 9.01. The minimum Gasteiger partial charge on any atom is -0.404 e. The summed E-state index contributed by atoms with van der Waals surface area (Å²) in [5, 5.41) is 5.49. The summed E-state index contributed by atoms with van der Waals surface area (Å²) in [6.45, 7) is 2.32. The average molecular weight is 580 g/mol. The molecule has 0 spiro atoms. The van der Waals surface area contributed by atoms with Crippen LogP contribution in [-0.2, 0) is 31.9 Å². The van der Waals surface area contributed by atoms with Crippen molar-refractivity contribution in [3.8, 4) is 16.9 Å². The molecule has 0 radical (unpaired) electrons. The second-order valence-electron chi connectivity index (χ2n) is 10.1. The Kier molecular flexibility index (Phi) is 9.94. The predicted molar refractivity (Wildman–Crippen MR) is 153 cm³/mol. The van der Waals surface area contributed by atoms with Gasteiger partial charge in [0, 0.05) is 26.4 Å². The number of hydrogen-bond donors (Lipinski definition) is 4. The van der Waals surface area contributed by atoms with E-state index in [0.717, 1.165) is 29.5 Å². The van der Waals surface area contributed by atoms with Crippen LogP contribution in [0.1, 0.15) is 37.3 Å². The molecule has 3 aromatic rings. The molecule has 1 saturated heterocycles. The van der Waals surface area contributed by atoms with Gasteiger partial charge in [0.1, 0.15) is 17.8 Å². The summed E-state index contributed by atoms with van der Waals surface area (Å²) in [6, 6.07) is 22.3. The number of likely N-dealkylation sites (tertiary alicyclic amines) is 1. The van der Waals surface area contributed by atoms with Crippen LogP contribution in [-0.4, -0.2) is 51.0 Å². The van der Waals surface area contributed by atoms with Gasteiger partial charge in [-0.2, -0.15) is 0 Å². The first-order valence-electron chi connectivity index (χ1n) is 13.4. The lowest BCUT2D eigenvalue weighted by molar-refractivity contribution is -0.137. The molecule has 216 valence electrons. The van der Waals surface area contributed by atoms with Crippen molar-refractivity contribution in [2.75, 3.05) is 6.54 Å². The molecule has 0 aromatic heterocycles. The van der Waals surface area contributed by atoms with Crippen LogP contribution in [0, 0.1) is 0 Å². The summed E-state index contributed by atoms with van der Waals surface area (Å²) in [4.78, 5) is 58.3. The molecule has 4 rings (SSSR count). The van der Waals surface area contributed by atoms with E-state index in [4.69, 9.17) is 9.79 Å². The summed E-state index contributed by atoms with van der Waals surface area (Å²) in [6.07, 6.45) is 2.19. The van der Waals surface area contributed by atoms with Gasteiger partial charge in [0.15, 0.2) is 0 Å². The zero-order valence-corrected chi connectivity index (χ0v) is 23.6. The van der Waals surface area contributed by atoms with Crippen LogP contribution < -0.4 is 15.2 Å². The zero-order valence-electron chi connectivity index (χ0n) is 22.7. The molecule has 1 aliphatic heterocycles. The fraction of sp³-hybridized carbons (Fsp3) is 0.300. The SMILES string of the molecule is CC(=O)N[C@H](Cc1ccc(OP(=O)(O)O)cc1)C(=O)N[C@H]1CCCCN(Cc2ccc(-c3ccccc3)cc2)C1=O. The van der Waals surface area contributed by atoms with Crippen LogP contribution in [0.15, 0.2) is 78.9 Å². The number of phosphoric acid groups is 1. The summed E-state index contributed by atoms with van der Waals surface area (Å²) in [5.41, 5.74) is 3.83. The van der Waals surface area contributed by atoms with E-state index < -0.39 is 31.7 Å². The molecule has 10 nitrogen and oxygen atoms in total. The molecule has 1 fully saturated rings. The quantitative estimate of drug-likeness (QED) is 0.269. The number of rotatable bonds is 10. The molecule has 0 aliphatic carbocycles. The largest absolute Gasteiger partial charge is 0.524 e. The molecular formula is C30H34N3O7P. The summed E-state index contributed by atoms with van der Waals surface area (Å²) >= 11 is 0. The summed E-state index contributed by atoms with van der Waals surface area (Å²) in [5.74, 6) is -1.08.